The van der Waals surface area contributed by atoms with E-state index in [9.17, 15) is 4.79 Å². The number of likely N-dealkylation sites (tertiary alicyclic amines) is 1. The van der Waals surface area contributed by atoms with Crippen LogP contribution in [0.2, 0.25) is 0 Å². The van der Waals surface area contributed by atoms with Crippen LogP contribution in [-0.2, 0) is 4.79 Å². The van der Waals surface area contributed by atoms with Gasteiger partial charge in [-0.2, -0.15) is 0 Å². The SMILES string of the molecule is COc1ccc(C=CCN2CCC(CNC(C)=O)C2)cc1. The summed E-state index contributed by atoms with van der Waals surface area (Å²) in [6.07, 6.45) is 5.50. The van der Waals surface area contributed by atoms with E-state index in [1.54, 1.807) is 14.0 Å². The first-order valence-electron chi connectivity index (χ1n) is 7.45. The van der Waals surface area contributed by atoms with Crippen LogP contribution < -0.4 is 10.1 Å². The van der Waals surface area contributed by atoms with Gasteiger partial charge in [0.2, 0.25) is 5.91 Å². The number of benzene rings is 1. The maximum atomic E-state index is 10.9. The minimum atomic E-state index is 0.0628. The number of carbonyl (C=O) groups excluding carboxylic acids is 1. The van der Waals surface area contributed by atoms with Crippen LogP contribution in [0.3, 0.4) is 0 Å². The van der Waals surface area contributed by atoms with Crippen LogP contribution in [0.25, 0.3) is 6.08 Å². The molecular formula is C17H24N2O2. The Morgan fingerprint density at radius 3 is 2.86 bits per heavy atom. The Kier molecular flexibility index (Phi) is 5.81. The lowest BCUT2D eigenvalue weighted by molar-refractivity contribution is -0.119. The van der Waals surface area contributed by atoms with Crippen molar-refractivity contribution in [2.45, 2.75) is 13.3 Å². The van der Waals surface area contributed by atoms with E-state index in [0.717, 1.165) is 38.3 Å². The molecule has 1 atom stereocenters. The van der Waals surface area contributed by atoms with Crippen molar-refractivity contribution < 1.29 is 9.53 Å². The van der Waals surface area contributed by atoms with Crippen LogP contribution in [0.15, 0.2) is 30.3 Å². The highest BCUT2D eigenvalue weighted by Gasteiger charge is 2.21. The third-order valence-corrected chi connectivity index (χ3v) is 3.80. The van der Waals surface area contributed by atoms with Crippen molar-refractivity contribution in [3.05, 3.63) is 35.9 Å². The number of methoxy groups -OCH3 is 1. The van der Waals surface area contributed by atoms with Crippen molar-refractivity contribution in [3.8, 4) is 5.75 Å². The van der Waals surface area contributed by atoms with Gasteiger partial charge in [0.05, 0.1) is 7.11 Å². The first kappa shape index (κ1) is 15.6. The van der Waals surface area contributed by atoms with Gasteiger partial charge in [0, 0.05) is 26.6 Å². The lowest BCUT2D eigenvalue weighted by Gasteiger charge is -2.13. The zero-order valence-corrected chi connectivity index (χ0v) is 12.8. The molecule has 1 aliphatic heterocycles. The molecule has 1 saturated heterocycles. The van der Waals surface area contributed by atoms with Crippen LogP contribution in [0.1, 0.15) is 18.9 Å². The summed E-state index contributed by atoms with van der Waals surface area (Å²) in [5.41, 5.74) is 1.18. The molecule has 0 aliphatic carbocycles. The quantitative estimate of drug-likeness (QED) is 0.872. The second kappa shape index (κ2) is 7.84. The van der Waals surface area contributed by atoms with E-state index in [1.165, 1.54) is 5.56 Å². The molecule has 1 aliphatic rings. The number of hydrogen-bond acceptors (Lipinski definition) is 3. The number of nitrogens with zero attached hydrogens (tertiary/aromatic N) is 1. The fourth-order valence-electron chi connectivity index (χ4n) is 2.59. The van der Waals surface area contributed by atoms with Crippen molar-refractivity contribution >= 4 is 12.0 Å². The van der Waals surface area contributed by atoms with Gasteiger partial charge in [-0.25, -0.2) is 0 Å². The smallest absolute Gasteiger partial charge is 0.216 e. The summed E-state index contributed by atoms with van der Waals surface area (Å²) in [6, 6.07) is 8.05. The van der Waals surface area contributed by atoms with E-state index >= 15 is 0 Å². The fraction of sp³-hybridized carbons (Fsp3) is 0.471. The maximum absolute atomic E-state index is 10.9. The highest BCUT2D eigenvalue weighted by Crippen LogP contribution is 2.16. The molecule has 1 fully saturated rings. The molecule has 114 valence electrons. The third kappa shape index (κ3) is 5.23. The average molecular weight is 288 g/mol. The van der Waals surface area contributed by atoms with Gasteiger partial charge in [0.25, 0.3) is 0 Å². The number of amides is 1. The molecule has 21 heavy (non-hydrogen) atoms. The summed E-state index contributed by atoms with van der Waals surface area (Å²) < 4.78 is 5.14. The standard InChI is InChI=1S/C17H24N2O2/c1-14(20)18-12-16-9-11-19(13-16)10-3-4-15-5-7-17(21-2)8-6-15/h3-8,16H,9-13H2,1-2H3,(H,18,20). The molecular weight excluding hydrogens is 264 g/mol. The summed E-state index contributed by atoms with van der Waals surface area (Å²) >= 11 is 0. The molecule has 0 spiro atoms. The Bertz CT molecular complexity index is 482. The number of carbonyl (C=O) groups is 1. The van der Waals surface area contributed by atoms with E-state index in [2.05, 4.69) is 34.5 Å². The Morgan fingerprint density at radius 2 is 2.19 bits per heavy atom. The molecule has 1 amide bonds. The maximum Gasteiger partial charge on any atom is 0.216 e. The van der Waals surface area contributed by atoms with Crippen molar-refractivity contribution in [1.29, 1.82) is 0 Å². The molecule has 1 aromatic rings. The molecule has 0 aromatic heterocycles. The molecule has 1 aromatic carbocycles. The van der Waals surface area contributed by atoms with E-state index in [4.69, 9.17) is 4.74 Å². The molecule has 4 heteroatoms. The van der Waals surface area contributed by atoms with E-state index in [1.807, 2.05) is 12.1 Å². The monoisotopic (exact) mass is 288 g/mol. The highest BCUT2D eigenvalue weighted by molar-refractivity contribution is 5.72. The third-order valence-electron chi connectivity index (χ3n) is 3.80. The van der Waals surface area contributed by atoms with Gasteiger partial charge in [-0.3, -0.25) is 9.69 Å². The largest absolute Gasteiger partial charge is 0.497 e. The Morgan fingerprint density at radius 1 is 1.43 bits per heavy atom. The zero-order chi connectivity index (χ0) is 15.1. The van der Waals surface area contributed by atoms with E-state index < -0.39 is 0 Å². The van der Waals surface area contributed by atoms with Gasteiger partial charge < -0.3 is 10.1 Å². The summed E-state index contributed by atoms with van der Waals surface area (Å²) in [5.74, 6) is 1.53. The van der Waals surface area contributed by atoms with Crippen LogP contribution in [0.4, 0.5) is 0 Å². The second-order valence-electron chi connectivity index (χ2n) is 5.53. The lowest BCUT2D eigenvalue weighted by atomic mass is 10.1. The van der Waals surface area contributed by atoms with Gasteiger partial charge in [0.15, 0.2) is 0 Å². The van der Waals surface area contributed by atoms with E-state index in [-0.39, 0.29) is 5.91 Å². The van der Waals surface area contributed by atoms with Gasteiger partial charge in [-0.05, 0) is 36.6 Å². The first-order valence-corrected chi connectivity index (χ1v) is 7.45. The molecule has 1 heterocycles. The molecule has 1 N–H and O–H groups in total. The topological polar surface area (TPSA) is 41.6 Å². The molecule has 0 radical (unpaired) electrons. The number of rotatable bonds is 6. The van der Waals surface area contributed by atoms with Gasteiger partial charge >= 0.3 is 0 Å². The van der Waals surface area contributed by atoms with Crippen LogP contribution >= 0.6 is 0 Å². The minimum Gasteiger partial charge on any atom is -0.497 e. The number of nitrogens with one attached hydrogen (secondary N) is 1. The first-order chi connectivity index (χ1) is 10.2. The van der Waals surface area contributed by atoms with Crippen molar-refractivity contribution in [1.82, 2.24) is 10.2 Å². The van der Waals surface area contributed by atoms with Crippen molar-refractivity contribution in [2.24, 2.45) is 5.92 Å². The van der Waals surface area contributed by atoms with Crippen molar-refractivity contribution in [3.63, 3.8) is 0 Å². The summed E-state index contributed by atoms with van der Waals surface area (Å²) in [6.45, 7) is 5.51. The zero-order valence-electron chi connectivity index (χ0n) is 12.8. The van der Waals surface area contributed by atoms with Gasteiger partial charge in [-0.1, -0.05) is 24.3 Å². The number of hydrogen-bond donors (Lipinski definition) is 1. The summed E-state index contributed by atoms with van der Waals surface area (Å²) in [7, 11) is 1.68. The summed E-state index contributed by atoms with van der Waals surface area (Å²) in [4.78, 5) is 13.3. The Balaban J connectivity index is 1.73. The van der Waals surface area contributed by atoms with Crippen LogP contribution in [0, 0.1) is 5.92 Å². The van der Waals surface area contributed by atoms with Gasteiger partial charge in [-0.15, -0.1) is 0 Å². The van der Waals surface area contributed by atoms with Crippen LogP contribution in [0.5, 0.6) is 5.75 Å². The predicted molar refractivity (Wildman–Crippen MR) is 85.3 cm³/mol. The molecule has 2 rings (SSSR count). The minimum absolute atomic E-state index is 0.0628. The normalized spacial score (nSPS) is 19.0. The second-order valence-corrected chi connectivity index (χ2v) is 5.53. The van der Waals surface area contributed by atoms with Crippen LogP contribution in [-0.4, -0.2) is 44.1 Å². The lowest BCUT2D eigenvalue weighted by Crippen LogP contribution is -2.29. The highest BCUT2D eigenvalue weighted by atomic mass is 16.5. The predicted octanol–water partition coefficient (Wildman–Crippen LogP) is 2.17. The average Bonchev–Trinajstić information content (AvgIpc) is 2.94. The molecule has 0 saturated carbocycles. The molecule has 1 unspecified atom stereocenters. The molecule has 4 nitrogen and oxygen atoms in total. The Hall–Kier alpha value is -1.81. The van der Waals surface area contributed by atoms with Crippen molar-refractivity contribution in [2.75, 3.05) is 33.3 Å². The number of ether oxygens (including phenoxy) is 1. The summed E-state index contributed by atoms with van der Waals surface area (Å²) in [5, 5.41) is 2.91. The van der Waals surface area contributed by atoms with E-state index in [0.29, 0.717) is 5.92 Å². The fourth-order valence-corrected chi connectivity index (χ4v) is 2.59. The Labute approximate surface area is 126 Å². The molecule has 0 bridgehead atoms. The van der Waals surface area contributed by atoms with Gasteiger partial charge in [0.1, 0.15) is 5.75 Å².